The van der Waals surface area contributed by atoms with Gasteiger partial charge >= 0.3 is 0 Å². The van der Waals surface area contributed by atoms with Gasteiger partial charge in [-0.3, -0.25) is 4.79 Å². The topological polar surface area (TPSA) is 63.9 Å². The van der Waals surface area contributed by atoms with Crippen molar-refractivity contribution in [3.8, 4) is 0 Å². The Morgan fingerprint density at radius 2 is 2.30 bits per heavy atom. The van der Waals surface area contributed by atoms with Crippen LogP contribution in [0.15, 0.2) is 10.9 Å². The molecule has 1 amide bonds. The maximum Gasteiger partial charge on any atom is 0.273 e. The molecule has 1 aliphatic rings. The van der Waals surface area contributed by atoms with Crippen LogP contribution >= 0.6 is 11.3 Å². The number of hydrogen-bond acceptors (Lipinski definition) is 5. The van der Waals surface area contributed by atoms with Gasteiger partial charge < -0.3 is 4.90 Å². The molecule has 7 heteroatoms. The average Bonchev–Trinajstić information content (AvgIpc) is 3.08. The summed E-state index contributed by atoms with van der Waals surface area (Å²) in [6, 6.07) is 0.215. The van der Waals surface area contributed by atoms with Crippen LogP contribution in [-0.2, 0) is 0 Å². The number of amides is 1. The van der Waals surface area contributed by atoms with Gasteiger partial charge in [0.2, 0.25) is 0 Å². The second-order valence-corrected chi connectivity index (χ2v) is 5.79. The summed E-state index contributed by atoms with van der Waals surface area (Å²) in [6.07, 6.45) is 2.02. The molecule has 1 fully saturated rings. The SMILES string of the molecule is Cc1nc(C)n([C@H]2CCCN(C(=O)c3cscn3)C2)n1. The van der Waals surface area contributed by atoms with E-state index in [4.69, 9.17) is 0 Å². The maximum atomic E-state index is 12.4. The first-order valence-electron chi connectivity index (χ1n) is 6.72. The number of thiazole rings is 1. The normalized spacial score (nSPS) is 19.3. The number of piperidine rings is 1. The van der Waals surface area contributed by atoms with E-state index in [1.807, 2.05) is 23.4 Å². The lowest BCUT2D eigenvalue weighted by Crippen LogP contribution is -2.41. The third-order valence-electron chi connectivity index (χ3n) is 3.59. The third kappa shape index (κ3) is 2.45. The number of nitrogens with zero attached hydrogens (tertiary/aromatic N) is 5. The van der Waals surface area contributed by atoms with Crippen molar-refractivity contribution in [3.63, 3.8) is 0 Å². The Hall–Kier alpha value is -1.76. The lowest BCUT2D eigenvalue weighted by molar-refractivity contribution is 0.0666. The first-order chi connectivity index (χ1) is 9.65. The van der Waals surface area contributed by atoms with Gasteiger partial charge in [-0.2, -0.15) is 5.10 Å². The molecule has 20 heavy (non-hydrogen) atoms. The van der Waals surface area contributed by atoms with Crippen LogP contribution in [0.25, 0.3) is 0 Å². The van der Waals surface area contributed by atoms with Crippen molar-refractivity contribution in [2.75, 3.05) is 13.1 Å². The fraction of sp³-hybridized carbons (Fsp3) is 0.538. The zero-order chi connectivity index (χ0) is 14.1. The van der Waals surface area contributed by atoms with E-state index in [0.29, 0.717) is 12.2 Å². The van der Waals surface area contributed by atoms with Crippen molar-refractivity contribution >= 4 is 17.2 Å². The van der Waals surface area contributed by atoms with Gasteiger partial charge in [0, 0.05) is 18.5 Å². The summed E-state index contributed by atoms with van der Waals surface area (Å²) in [6.45, 7) is 5.32. The predicted molar refractivity (Wildman–Crippen MR) is 75.8 cm³/mol. The van der Waals surface area contributed by atoms with Crippen molar-refractivity contribution in [1.29, 1.82) is 0 Å². The molecule has 3 heterocycles. The molecule has 1 aliphatic heterocycles. The van der Waals surface area contributed by atoms with E-state index in [1.165, 1.54) is 11.3 Å². The summed E-state index contributed by atoms with van der Waals surface area (Å²) in [7, 11) is 0. The zero-order valence-corrected chi connectivity index (χ0v) is 12.4. The highest BCUT2D eigenvalue weighted by Gasteiger charge is 2.27. The molecular weight excluding hydrogens is 274 g/mol. The largest absolute Gasteiger partial charge is 0.335 e. The standard InChI is InChI=1S/C13H17N5OS/c1-9-15-10(2)18(16-9)11-4-3-5-17(6-11)13(19)12-7-20-8-14-12/h7-8,11H,3-6H2,1-2H3/t11-/m0/s1. The van der Waals surface area contributed by atoms with Gasteiger partial charge in [0.15, 0.2) is 0 Å². The molecule has 1 saturated heterocycles. The predicted octanol–water partition coefficient (Wildman–Crippen LogP) is 1.83. The molecule has 2 aromatic heterocycles. The minimum Gasteiger partial charge on any atom is -0.335 e. The van der Waals surface area contributed by atoms with Crippen LogP contribution in [0.3, 0.4) is 0 Å². The molecular formula is C13H17N5OS. The Morgan fingerprint density at radius 3 is 2.95 bits per heavy atom. The van der Waals surface area contributed by atoms with Crippen molar-refractivity contribution in [2.24, 2.45) is 0 Å². The summed E-state index contributed by atoms with van der Waals surface area (Å²) in [5.74, 6) is 1.71. The molecule has 2 aromatic rings. The molecule has 0 saturated carbocycles. The summed E-state index contributed by atoms with van der Waals surface area (Å²) >= 11 is 1.45. The minimum absolute atomic E-state index is 0.0189. The monoisotopic (exact) mass is 291 g/mol. The molecule has 0 aliphatic carbocycles. The van der Waals surface area contributed by atoms with Gasteiger partial charge in [-0.1, -0.05) is 0 Å². The second-order valence-electron chi connectivity index (χ2n) is 5.07. The summed E-state index contributed by atoms with van der Waals surface area (Å²) in [4.78, 5) is 22.7. The van der Waals surface area contributed by atoms with Gasteiger partial charge in [0.1, 0.15) is 17.3 Å². The van der Waals surface area contributed by atoms with Crippen molar-refractivity contribution in [1.82, 2.24) is 24.6 Å². The van der Waals surface area contributed by atoms with Crippen LogP contribution in [0.1, 0.15) is 41.0 Å². The lowest BCUT2D eigenvalue weighted by Gasteiger charge is -2.32. The second kappa shape index (κ2) is 5.32. The van der Waals surface area contributed by atoms with E-state index in [0.717, 1.165) is 31.0 Å². The molecule has 0 unspecified atom stereocenters. The molecule has 0 bridgehead atoms. The number of carbonyl (C=O) groups excluding carboxylic acids is 1. The number of rotatable bonds is 2. The Bertz CT molecular complexity index is 606. The van der Waals surface area contributed by atoms with Crippen LogP contribution < -0.4 is 0 Å². The Balaban J connectivity index is 1.77. The van der Waals surface area contributed by atoms with E-state index in [2.05, 4.69) is 15.1 Å². The highest BCUT2D eigenvalue weighted by atomic mass is 32.1. The molecule has 6 nitrogen and oxygen atoms in total. The number of carbonyl (C=O) groups is 1. The van der Waals surface area contributed by atoms with Gasteiger partial charge in [-0.25, -0.2) is 14.6 Å². The highest BCUT2D eigenvalue weighted by Crippen LogP contribution is 2.23. The quantitative estimate of drug-likeness (QED) is 0.847. The first-order valence-corrected chi connectivity index (χ1v) is 7.66. The van der Waals surface area contributed by atoms with E-state index in [-0.39, 0.29) is 11.9 Å². The zero-order valence-electron chi connectivity index (χ0n) is 11.6. The molecule has 0 spiro atoms. The van der Waals surface area contributed by atoms with E-state index >= 15 is 0 Å². The molecule has 0 radical (unpaired) electrons. The van der Waals surface area contributed by atoms with E-state index in [9.17, 15) is 4.79 Å². The number of aromatic nitrogens is 4. The smallest absolute Gasteiger partial charge is 0.273 e. The van der Waals surface area contributed by atoms with E-state index in [1.54, 1.807) is 10.9 Å². The fourth-order valence-corrected chi connectivity index (χ4v) is 3.23. The maximum absolute atomic E-state index is 12.4. The van der Waals surface area contributed by atoms with E-state index < -0.39 is 0 Å². The first kappa shape index (κ1) is 13.2. The van der Waals surface area contributed by atoms with Crippen LogP contribution in [0.5, 0.6) is 0 Å². The van der Waals surface area contributed by atoms with Gasteiger partial charge in [-0.15, -0.1) is 11.3 Å². The van der Waals surface area contributed by atoms with Crippen molar-refractivity contribution < 1.29 is 4.79 Å². The van der Waals surface area contributed by atoms with Gasteiger partial charge in [0.05, 0.1) is 11.6 Å². The molecule has 106 valence electrons. The van der Waals surface area contributed by atoms with Gasteiger partial charge in [0.25, 0.3) is 5.91 Å². The Kier molecular flexibility index (Phi) is 3.52. The van der Waals surface area contributed by atoms with Crippen LogP contribution in [-0.4, -0.2) is 43.6 Å². The highest BCUT2D eigenvalue weighted by molar-refractivity contribution is 7.07. The molecule has 3 rings (SSSR count). The summed E-state index contributed by atoms with van der Waals surface area (Å²) < 4.78 is 1.95. The third-order valence-corrected chi connectivity index (χ3v) is 4.18. The number of hydrogen-bond donors (Lipinski definition) is 0. The van der Waals surface area contributed by atoms with Gasteiger partial charge in [-0.05, 0) is 26.7 Å². The molecule has 0 N–H and O–H groups in total. The summed E-state index contributed by atoms with van der Waals surface area (Å²) in [5, 5.41) is 6.25. The number of aryl methyl sites for hydroxylation is 2. The fourth-order valence-electron chi connectivity index (χ4n) is 2.70. The Labute approximate surface area is 121 Å². The average molecular weight is 291 g/mol. The summed E-state index contributed by atoms with van der Waals surface area (Å²) in [5.41, 5.74) is 2.24. The van der Waals surface area contributed by atoms with Crippen molar-refractivity contribution in [2.45, 2.75) is 32.7 Å². The van der Waals surface area contributed by atoms with Crippen molar-refractivity contribution in [3.05, 3.63) is 28.2 Å². The van der Waals surface area contributed by atoms with Crippen LogP contribution in [0.4, 0.5) is 0 Å². The lowest BCUT2D eigenvalue weighted by atomic mass is 10.1. The minimum atomic E-state index is 0.0189. The van der Waals surface area contributed by atoms with Crippen LogP contribution in [0, 0.1) is 13.8 Å². The molecule has 1 atom stereocenters. The van der Waals surface area contributed by atoms with Crippen LogP contribution in [0.2, 0.25) is 0 Å². The molecule has 0 aromatic carbocycles. The number of likely N-dealkylation sites (tertiary alicyclic amines) is 1. The Morgan fingerprint density at radius 1 is 1.45 bits per heavy atom.